The van der Waals surface area contributed by atoms with Crippen LogP contribution in [0.25, 0.3) is 0 Å². The van der Waals surface area contributed by atoms with E-state index in [1.54, 1.807) is 6.92 Å². The Hall–Kier alpha value is -0.440. The molecular formula is C22H35FO2. The molecule has 0 amide bonds. The van der Waals surface area contributed by atoms with Gasteiger partial charge in [0.05, 0.1) is 5.60 Å². The van der Waals surface area contributed by atoms with E-state index in [0.29, 0.717) is 47.7 Å². The Morgan fingerprint density at radius 1 is 1.04 bits per heavy atom. The maximum Gasteiger partial charge on any atom is 0.133 e. The Labute approximate surface area is 152 Å². The van der Waals surface area contributed by atoms with E-state index >= 15 is 0 Å². The fourth-order valence-electron chi connectivity index (χ4n) is 8.33. The normalized spacial score (nSPS) is 55.2. The largest absolute Gasteiger partial charge is 0.387 e. The number of rotatable bonds is 2. The first-order valence-corrected chi connectivity index (χ1v) is 10.5. The second-order valence-corrected chi connectivity index (χ2v) is 10.5. The Kier molecular flexibility index (Phi) is 4.15. The van der Waals surface area contributed by atoms with Gasteiger partial charge in [0.15, 0.2) is 0 Å². The minimum Gasteiger partial charge on any atom is -0.387 e. The molecule has 25 heavy (non-hydrogen) atoms. The number of aliphatic hydroxyl groups is 1. The van der Waals surface area contributed by atoms with E-state index in [9.17, 15) is 14.3 Å². The van der Waals surface area contributed by atoms with Crippen molar-refractivity contribution >= 4 is 5.78 Å². The number of alkyl halides is 1. The number of Topliss-reactive ketones (excluding diaryl/α,β-unsaturated/α-hetero) is 1. The third kappa shape index (κ3) is 2.47. The quantitative estimate of drug-likeness (QED) is 0.766. The maximum atomic E-state index is 13.3. The number of fused-ring (bicyclic) bond motifs is 5. The summed E-state index contributed by atoms with van der Waals surface area (Å²) in [5, 5.41) is 10.5. The van der Waals surface area contributed by atoms with Crippen molar-refractivity contribution < 1.29 is 14.3 Å². The SMILES string of the molecule is CC(=O)[C@H]1CC[C@@H]2[C@]1(C)CC[C@@H]1[C@H]3CC[C@](O)(CF)C[C@@H]3CC[C@@]21C. The summed E-state index contributed by atoms with van der Waals surface area (Å²) in [7, 11) is 0. The topological polar surface area (TPSA) is 37.3 Å². The molecule has 0 aromatic carbocycles. The monoisotopic (exact) mass is 350 g/mol. The van der Waals surface area contributed by atoms with Gasteiger partial charge in [0.2, 0.25) is 0 Å². The second-order valence-electron chi connectivity index (χ2n) is 10.5. The fraction of sp³-hybridized carbons (Fsp3) is 0.955. The molecule has 0 heterocycles. The molecule has 4 aliphatic carbocycles. The molecule has 0 bridgehead atoms. The smallest absolute Gasteiger partial charge is 0.133 e. The van der Waals surface area contributed by atoms with Crippen molar-refractivity contribution in [2.75, 3.05) is 6.67 Å². The fourth-order valence-corrected chi connectivity index (χ4v) is 8.33. The van der Waals surface area contributed by atoms with E-state index in [1.165, 1.54) is 25.7 Å². The van der Waals surface area contributed by atoms with Crippen LogP contribution in [0, 0.1) is 40.4 Å². The van der Waals surface area contributed by atoms with E-state index in [1.807, 2.05) is 0 Å². The number of carbonyl (C=O) groups excluding carboxylic acids is 1. The maximum absolute atomic E-state index is 13.3. The molecule has 1 N–H and O–H groups in total. The summed E-state index contributed by atoms with van der Waals surface area (Å²) in [6, 6.07) is 0. The van der Waals surface area contributed by atoms with E-state index < -0.39 is 12.3 Å². The highest BCUT2D eigenvalue weighted by atomic mass is 19.1. The van der Waals surface area contributed by atoms with E-state index in [4.69, 9.17) is 0 Å². The first-order chi connectivity index (χ1) is 11.7. The van der Waals surface area contributed by atoms with E-state index in [2.05, 4.69) is 13.8 Å². The molecular weight excluding hydrogens is 315 g/mol. The van der Waals surface area contributed by atoms with Crippen LogP contribution in [-0.4, -0.2) is 23.2 Å². The van der Waals surface area contributed by atoms with Crippen molar-refractivity contribution in [3.63, 3.8) is 0 Å². The summed E-state index contributed by atoms with van der Waals surface area (Å²) < 4.78 is 13.3. The number of hydrogen-bond acceptors (Lipinski definition) is 2. The first-order valence-electron chi connectivity index (χ1n) is 10.5. The average molecular weight is 351 g/mol. The van der Waals surface area contributed by atoms with Gasteiger partial charge in [-0.05, 0) is 99.2 Å². The van der Waals surface area contributed by atoms with Crippen LogP contribution in [0.5, 0.6) is 0 Å². The molecule has 0 spiro atoms. The summed E-state index contributed by atoms with van der Waals surface area (Å²) in [5.74, 6) is 3.19. The first kappa shape index (κ1) is 17.9. The van der Waals surface area contributed by atoms with Gasteiger partial charge in [0.25, 0.3) is 0 Å². The van der Waals surface area contributed by atoms with E-state index in [0.717, 1.165) is 19.3 Å². The van der Waals surface area contributed by atoms with Gasteiger partial charge >= 0.3 is 0 Å². The van der Waals surface area contributed by atoms with Crippen LogP contribution >= 0.6 is 0 Å². The van der Waals surface area contributed by atoms with Crippen molar-refractivity contribution in [3.8, 4) is 0 Å². The number of hydrogen-bond donors (Lipinski definition) is 1. The Morgan fingerprint density at radius 2 is 1.76 bits per heavy atom. The number of ketones is 1. The summed E-state index contributed by atoms with van der Waals surface area (Å²) in [4.78, 5) is 12.2. The van der Waals surface area contributed by atoms with Crippen molar-refractivity contribution in [2.45, 2.75) is 84.2 Å². The minimum atomic E-state index is -1.05. The van der Waals surface area contributed by atoms with Crippen LogP contribution in [0.1, 0.15) is 78.6 Å². The number of carbonyl (C=O) groups is 1. The summed E-state index contributed by atoms with van der Waals surface area (Å²) in [6.45, 7) is 6.11. The van der Waals surface area contributed by atoms with Crippen LogP contribution in [-0.2, 0) is 4.79 Å². The van der Waals surface area contributed by atoms with Crippen LogP contribution < -0.4 is 0 Å². The highest BCUT2D eigenvalue weighted by molar-refractivity contribution is 5.79. The molecule has 4 aliphatic rings. The zero-order valence-electron chi connectivity index (χ0n) is 16.2. The zero-order chi connectivity index (χ0) is 18.0. The van der Waals surface area contributed by atoms with Gasteiger partial charge < -0.3 is 5.11 Å². The number of halogens is 1. The van der Waals surface area contributed by atoms with Gasteiger partial charge in [0, 0.05) is 5.92 Å². The van der Waals surface area contributed by atoms with Gasteiger partial charge in [-0.25, -0.2) is 4.39 Å². The second kappa shape index (κ2) is 5.78. The summed E-state index contributed by atoms with van der Waals surface area (Å²) in [5.41, 5.74) is -0.521. The van der Waals surface area contributed by atoms with Gasteiger partial charge in [-0.2, -0.15) is 0 Å². The average Bonchev–Trinajstić information content (AvgIpc) is 2.93. The molecule has 2 nitrogen and oxygen atoms in total. The van der Waals surface area contributed by atoms with Gasteiger partial charge in [-0.1, -0.05) is 13.8 Å². The molecule has 0 radical (unpaired) electrons. The van der Waals surface area contributed by atoms with Crippen LogP contribution in [0.4, 0.5) is 4.39 Å². The van der Waals surface area contributed by atoms with Gasteiger partial charge in [-0.15, -0.1) is 0 Å². The molecule has 142 valence electrons. The van der Waals surface area contributed by atoms with Crippen molar-refractivity contribution in [1.82, 2.24) is 0 Å². The predicted octanol–water partition coefficient (Wildman–Crippen LogP) is 4.93. The van der Waals surface area contributed by atoms with Gasteiger partial charge in [-0.3, -0.25) is 4.79 Å². The molecule has 4 saturated carbocycles. The molecule has 0 unspecified atom stereocenters. The van der Waals surface area contributed by atoms with Crippen LogP contribution in [0.3, 0.4) is 0 Å². The zero-order valence-corrected chi connectivity index (χ0v) is 16.2. The van der Waals surface area contributed by atoms with Crippen LogP contribution in [0.15, 0.2) is 0 Å². The lowest BCUT2D eigenvalue weighted by Crippen LogP contribution is -2.56. The molecule has 4 fully saturated rings. The lowest BCUT2D eigenvalue weighted by Gasteiger charge is -2.62. The Balaban J connectivity index is 1.60. The predicted molar refractivity (Wildman–Crippen MR) is 96.8 cm³/mol. The standard InChI is InChI=1S/C22H35FO2/c1-14(24)17-4-5-19-20(17,2)10-8-18-16-7-11-22(25,13-23)12-15(16)6-9-21(18,19)3/h15-19,25H,4-13H2,1-3H3/t15-,16-,17+,18+,19+,20+,21+,22+/m0/s1. The molecule has 0 aliphatic heterocycles. The summed E-state index contributed by atoms with van der Waals surface area (Å²) >= 11 is 0. The molecule has 0 aromatic rings. The van der Waals surface area contributed by atoms with Crippen molar-refractivity contribution in [1.29, 1.82) is 0 Å². The Morgan fingerprint density at radius 3 is 2.44 bits per heavy atom. The molecule has 4 rings (SSSR count). The highest BCUT2D eigenvalue weighted by Gasteiger charge is 2.63. The van der Waals surface area contributed by atoms with Gasteiger partial charge in [0.1, 0.15) is 12.5 Å². The minimum absolute atomic E-state index is 0.193. The third-order valence-corrected chi connectivity index (χ3v) is 9.47. The molecule has 0 saturated heterocycles. The van der Waals surface area contributed by atoms with Crippen molar-refractivity contribution in [2.24, 2.45) is 40.4 Å². The summed E-state index contributed by atoms with van der Waals surface area (Å²) in [6.07, 6.45) is 9.32. The molecule has 8 atom stereocenters. The molecule has 3 heteroatoms. The third-order valence-electron chi connectivity index (χ3n) is 9.47. The lowest BCUT2D eigenvalue weighted by molar-refractivity contribution is -0.154. The Bertz CT molecular complexity index is 562. The highest BCUT2D eigenvalue weighted by Crippen LogP contribution is 2.69. The van der Waals surface area contributed by atoms with Crippen molar-refractivity contribution in [3.05, 3.63) is 0 Å². The lowest BCUT2D eigenvalue weighted by atomic mass is 9.43. The van der Waals surface area contributed by atoms with Crippen LogP contribution in [0.2, 0.25) is 0 Å². The van der Waals surface area contributed by atoms with E-state index in [-0.39, 0.29) is 11.3 Å². The molecule has 0 aromatic heterocycles.